The summed E-state index contributed by atoms with van der Waals surface area (Å²) in [7, 11) is 1.89. The number of ether oxygens (including phenoxy) is 2. The van der Waals surface area contributed by atoms with E-state index in [0.29, 0.717) is 29.4 Å². The van der Waals surface area contributed by atoms with Crippen molar-refractivity contribution in [2.45, 2.75) is 76.9 Å². The van der Waals surface area contributed by atoms with Crippen molar-refractivity contribution in [2.75, 3.05) is 34.8 Å². The average Bonchev–Trinajstić information content (AvgIpc) is 3.40. The van der Waals surface area contributed by atoms with Crippen molar-refractivity contribution in [2.24, 2.45) is 17.8 Å². The molecule has 2 N–H and O–H groups in total. The van der Waals surface area contributed by atoms with Gasteiger partial charge >= 0.3 is 10.2 Å². The highest BCUT2D eigenvalue weighted by molar-refractivity contribution is 7.87. The van der Waals surface area contributed by atoms with E-state index in [1.54, 1.807) is 23.7 Å². The molecule has 15 heteroatoms. The van der Waals surface area contributed by atoms with Gasteiger partial charge in [-0.05, 0) is 69.6 Å². The first kappa shape index (κ1) is 37.3. The van der Waals surface area contributed by atoms with Gasteiger partial charge in [0.25, 0.3) is 5.91 Å². The van der Waals surface area contributed by atoms with E-state index in [2.05, 4.69) is 23.9 Å². The highest BCUT2D eigenvalue weighted by Gasteiger charge is 2.62. The summed E-state index contributed by atoms with van der Waals surface area (Å²) < 4.78 is 42.4. The fourth-order valence-electron chi connectivity index (χ4n) is 7.26. The summed E-state index contributed by atoms with van der Waals surface area (Å²) in [6, 6.07) is 7.52. The molecule has 0 bridgehead atoms. The SMILES string of the molecule is COc1ccc2c(OC3CC4C(=O)NC5(C(=O)NS(=O)(=O)N(C)C)CC5C=CCCCCN(C)C(=O)C4C3)cc(-n3ccc(C(C)C)n3)nc2c1C. The third kappa shape index (κ3) is 7.25. The minimum atomic E-state index is -4.11. The Hall–Kier alpha value is -4.50. The number of fused-ring (bicyclic) bond motifs is 3. The summed E-state index contributed by atoms with van der Waals surface area (Å²) in [6.07, 6.45) is 8.22. The number of aryl methyl sites for hydroxylation is 1. The second-order valence-corrected chi connectivity index (χ2v) is 16.6. The maximum absolute atomic E-state index is 14.2. The number of amides is 3. The van der Waals surface area contributed by atoms with E-state index >= 15 is 0 Å². The minimum absolute atomic E-state index is 0.168. The molecule has 3 amide bonds. The van der Waals surface area contributed by atoms with E-state index in [1.165, 1.54) is 14.1 Å². The molecule has 0 radical (unpaired) electrons. The highest BCUT2D eigenvalue weighted by atomic mass is 32.2. The molecule has 14 nitrogen and oxygen atoms in total. The monoisotopic (exact) mass is 735 g/mol. The molecule has 52 heavy (non-hydrogen) atoms. The zero-order chi connectivity index (χ0) is 37.5. The van der Waals surface area contributed by atoms with Crippen LogP contribution in [0.25, 0.3) is 16.7 Å². The normalized spacial score (nSPS) is 25.4. The smallest absolute Gasteiger partial charge is 0.303 e. The molecule has 2 aliphatic carbocycles. The average molecular weight is 736 g/mol. The van der Waals surface area contributed by atoms with Crippen LogP contribution >= 0.6 is 0 Å². The Morgan fingerprint density at radius 2 is 1.87 bits per heavy atom. The maximum atomic E-state index is 14.2. The lowest BCUT2D eigenvalue weighted by Gasteiger charge is -2.27. The molecule has 3 heterocycles. The molecular formula is C37H49N7O7S. The van der Waals surface area contributed by atoms with Crippen molar-refractivity contribution in [3.63, 3.8) is 0 Å². The van der Waals surface area contributed by atoms with Crippen molar-refractivity contribution < 1.29 is 32.3 Å². The van der Waals surface area contributed by atoms with Crippen LogP contribution in [-0.4, -0.2) is 96.5 Å². The molecule has 1 aliphatic heterocycles. The van der Waals surface area contributed by atoms with Gasteiger partial charge in [-0.1, -0.05) is 26.0 Å². The predicted molar refractivity (Wildman–Crippen MR) is 195 cm³/mol. The van der Waals surface area contributed by atoms with Crippen molar-refractivity contribution in [1.29, 1.82) is 0 Å². The summed E-state index contributed by atoms with van der Waals surface area (Å²) in [5.41, 5.74) is 0.958. The Bertz CT molecular complexity index is 2010. The second kappa shape index (κ2) is 14.5. The standard InChI is InChI=1S/C37H49N7O7S/c1-22(2)29-15-17-44(40-29)32-20-31(26-13-14-30(50-7)23(3)33(26)38-32)51-25-18-27-28(19-25)35(46)43(6)16-11-9-8-10-12-24-21-37(24,39-34(27)45)36(47)41-52(48,49)42(4)5/h10,12-15,17,20,22,24-25,27-28H,8-9,11,16,18-19,21H2,1-7H3,(H,39,45)(H,41,47). The number of carbonyl (C=O) groups is 3. The number of hydrogen-bond acceptors (Lipinski definition) is 9. The van der Waals surface area contributed by atoms with Crippen molar-refractivity contribution in [3.05, 3.63) is 53.9 Å². The number of methoxy groups -OCH3 is 1. The fraction of sp³-hybridized carbons (Fsp3) is 0.541. The van der Waals surface area contributed by atoms with Gasteiger partial charge in [-0.2, -0.15) is 17.8 Å². The molecule has 1 aromatic carbocycles. The van der Waals surface area contributed by atoms with Gasteiger partial charge in [0.15, 0.2) is 5.82 Å². The number of nitrogens with zero attached hydrogens (tertiary/aromatic N) is 5. The van der Waals surface area contributed by atoms with E-state index in [4.69, 9.17) is 19.6 Å². The number of carbonyl (C=O) groups excluding carboxylic acids is 3. The van der Waals surface area contributed by atoms with E-state index < -0.39 is 45.5 Å². The number of hydrogen-bond donors (Lipinski definition) is 2. The van der Waals surface area contributed by atoms with E-state index in [1.807, 2.05) is 49.5 Å². The molecule has 3 aliphatic rings. The van der Waals surface area contributed by atoms with Crippen molar-refractivity contribution in [3.8, 4) is 17.3 Å². The van der Waals surface area contributed by atoms with Gasteiger partial charge in [-0.15, -0.1) is 0 Å². The number of rotatable bonds is 8. The molecule has 0 saturated heterocycles. The van der Waals surface area contributed by atoms with Crippen LogP contribution in [0.5, 0.6) is 11.5 Å². The maximum Gasteiger partial charge on any atom is 0.303 e. The van der Waals surface area contributed by atoms with Crippen LogP contribution in [0.4, 0.5) is 0 Å². The van der Waals surface area contributed by atoms with Gasteiger partial charge in [-0.25, -0.2) is 14.4 Å². The van der Waals surface area contributed by atoms with E-state index in [-0.39, 0.29) is 37.0 Å². The Labute approximate surface area is 305 Å². The van der Waals surface area contributed by atoms with Crippen LogP contribution < -0.4 is 19.5 Å². The zero-order valence-electron chi connectivity index (χ0n) is 30.9. The second-order valence-electron chi connectivity index (χ2n) is 14.7. The van der Waals surface area contributed by atoms with Crippen LogP contribution in [0, 0.1) is 24.7 Å². The van der Waals surface area contributed by atoms with Crippen molar-refractivity contribution >= 4 is 38.8 Å². The van der Waals surface area contributed by atoms with Crippen LogP contribution in [0.1, 0.15) is 69.5 Å². The quantitative estimate of drug-likeness (QED) is 0.329. The Balaban J connectivity index is 1.34. The highest BCUT2D eigenvalue weighted by Crippen LogP contribution is 2.47. The molecule has 2 aromatic heterocycles. The largest absolute Gasteiger partial charge is 0.496 e. The zero-order valence-corrected chi connectivity index (χ0v) is 31.7. The third-order valence-electron chi connectivity index (χ3n) is 10.6. The van der Waals surface area contributed by atoms with Crippen LogP contribution in [0.2, 0.25) is 0 Å². The first-order valence-electron chi connectivity index (χ1n) is 17.8. The molecular weight excluding hydrogens is 687 g/mol. The fourth-order valence-corrected chi connectivity index (χ4v) is 7.86. The molecule has 5 atom stereocenters. The molecule has 2 fully saturated rings. The lowest BCUT2D eigenvalue weighted by Crippen LogP contribution is -2.55. The Morgan fingerprint density at radius 3 is 2.56 bits per heavy atom. The summed E-state index contributed by atoms with van der Waals surface area (Å²) in [6.45, 7) is 6.61. The van der Waals surface area contributed by atoms with Gasteiger partial charge in [0.05, 0.1) is 30.2 Å². The van der Waals surface area contributed by atoms with Crippen LogP contribution in [0.15, 0.2) is 42.6 Å². The Morgan fingerprint density at radius 1 is 1.12 bits per heavy atom. The first-order valence-corrected chi connectivity index (χ1v) is 19.3. The topological polar surface area (TPSA) is 165 Å². The Kier molecular flexibility index (Phi) is 10.4. The lowest BCUT2D eigenvalue weighted by atomic mass is 9.93. The molecule has 2 saturated carbocycles. The summed E-state index contributed by atoms with van der Waals surface area (Å²) in [4.78, 5) is 48.5. The summed E-state index contributed by atoms with van der Waals surface area (Å²) >= 11 is 0. The molecule has 5 unspecified atom stereocenters. The molecule has 280 valence electrons. The third-order valence-corrected chi connectivity index (χ3v) is 12.0. The van der Waals surface area contributed by atoms with E-state index in [0.717, 1.165) is 40.2 Å². The summed E-state index contributed by atoms with van der Waals surface area (Å²) in [5.74, 6) is -1.42. The first-order chi connectivity index (χ1) is 24.6. The number of benzene rings is 1. The number of aromatic nitrogens is 3. The summed E-state index contributed by atoms with van der Waals surface area (Å²) in [5, 5.41) is 8.40. The predicted octanol–water partition coefficient (Wildman–Crippen LogP) is 3.63. The number of pyridine rings is 1. The lowest BCUT2D eigenvalue weighted by molar-refractivity contribution is -0.140. The van der Waals surface area contributed by atoms with Gasteiger partial charge < -0.3 is 19.7 Å². The molecule has 3 aromatic rings. The number of allylic oxidation sites excluding steroid dienone is 1. The van der Waals surface area contributed by atoms with Crippen LogP contribution in [0.3, 0.4) is 0 Å². The molecule has 6 rings (SSSR count). The van der Waals surface area contributed by atoms with Gasteiger partial charge in [-0.3, -0.25) is 14.4 Å². The molecule has 0 spiro atoms. The van der Waals surface area contributed by atoms with Gasteiger partial charge in [0.2, 0.25) is 11.8 Å². The van der Waals surface area contributed by atoms with Gasteiger partial charge in [0.1, 0.15) is 23.1 Å². The van der Waals surface area contributed by atoms with Crippen molar-refractivity contribution in [1.82, 2.24) is 34.0 Å². The minimum Gasteiger partial charge on any atom is -0.496 e. The number of nitrogens with one attached hydrogen (secondary N) is 2. The van der Waals surface area contributed by atoms with Crippen LogP contribution in [-0.2, 0) is 24.6 Å². The van der Waals surface area contributed by atoms with Gasteiger partial charge in [0, 0.05) is 56.8 Å². The van der Waals surface area contributed by atoms with E-state index in [9.17, 15) is 22.8 Å².